The van der Waals surface area contributed by atoms with Gasteiger partial charge in [0.25, 0.3) is 0 Å². The summed E-state index contributed by atoms with van der Waals surface area (Å²) in [6.07, 6.45) is 12.4. The first-order valence-corrected chi connectivity index (χ1v) is 11.2. The Morgan fingerprint density at radius 1 is 0.963 bits per heavy atom. The van der Waals surface area contributed by atoms with E-state index in [4.69, 9.17) is 4.74 Å². The fourth-order valence-corrected chi connectivity index (χ4v) is 6.73. The molecular formula is C22H36N2O3. The summed E-state index contributed by atoms with van der Waals surface area (Å²) in [4.78, 5) is 25.0. The van der Waals surface area contributed by atoms with Crippen LogP contribution in [0.15, 0.2) is 0 Å². The Balaban J connectivity index is 1.15. The molecule has 4 bridgehead atoms. The number of carbonyl (C=O) groups is 2. The van der Waals surface area contributed by atoms with Crippen LogP contribution in [0.4, 0.5) is 0 Å². The molecule has 5 nitrogen and oxygen atoms in total. The van der Waals surface area contributed by atoms with E-state index in [1.54, 1.807) is 0 Å². The van der Waals surface area contributed by atoms with E-state index in [1.807, 2.05) is 0 Å². The summed E-state index contributed by atoms with van der Waals surface area (Å²) in [6.45, 7) is 3.43. The van der Waals surface area contributed by atoms with E-state index in [0.717, 1.165) is 43.4 Å². The summed E-state index contributed by atoms with van der Waals surface area (Å²) in [7, 11) is 0. The Hall–Kier alpha value is -1.10. The summed E-state index contributed by atoms with van der Waals surface area (Å²) in [5.41, 5.74) is -0.171. The fraction of sp³-hybridized carbons (Fsp3) is 0.909. The molecule has 5 aliphatic rings. The lowest BCUT2D eigenvalue weighted by Gasteiger charge is -2.55. The van der Waals surface area contributed by atoms with Crippen LogP contribution in [0.1, 0.15) is 71.1 Å². The highest BCUT2D eigenvalue weighted by atomic mass is 16.5. The predicted molar refractivity (Wildman–Crippen MR) is 104 cm³/mol. The van der Waals surface area contributed by atoms with Crippen LogP contribution >= 0.6 is 0 Å². The van der Waals surface area contributed by atoms with E-state index in [1.165, 1.54) is 38.5 Å². The highest BCUT2D eigenvalue weighted by molar-refractivity contribution is 5.88. The van der Waals surface area contributed by atoms with Crippen molar-refractivity contribution < 1.29 is 14.3 Å². The minimum atomic E-state index is -0.171. The highest BCUT2D eigenvalue weighted by Crippen LogP contribution is 2.60. The number of hydrogen-bond acceptors (Lipinski definition) is 3. The zero-order valence-electron chi connectivity index (χ0n) is 16.8. The van der Waals surface area contributed by atoms with Crippen LogP contribution in [-0.2, 0) is 14.3 Å². The summed E-state index contributed by atoms with van der Waals surface area (Å²) >= 11 is 0. The third-order valence-corrected chi connectivity index (χ3v) is 7.72. The molecule has 5 saturated carbocycles. The maximum Gasteiger partial charge on any atom is 0.239 e. The van der Waals surface area contributed by atoms with Gasteiger partial charge in [0.1, 0.15) is 0 Å². The van der Waals surface area contributed by atoms with Gasteiger partial charge in [-0.3, -0.25) is 9.59 Å². The molecule has 2 amide bonds. The number of nitrogens with one attached hydrogen (secondary N) is 2. The summed E-state index contributed by atoms with van der Waals surface area (Å²) < 4.78 is 5.93. The van der Waals surface area contributed by atoms with Gasteiger partial charge in [-0.25, -0.2) is 0 Å². The predicted octanol–water partition coefficient (Wildman–Crippen LogP) is 3.03. The second-order valence-corrected chi connectivity index (χ2v) is 9.90. The molecule has 5 fully saturated rings. The van der Waals surface area contributed by atoms with E-state index < -0.39 is 0 Å². The Kier molecular flexibility index (Phi) is 5.77. The zero-order valence-corrected chi connectivity index (χ0v) is 16.8. The number of carbonyl (C=O) groups excluding carboxylic acids is 2. The Labute approximate surface area is 163 Å². The van der Waals surface area contributed by atoms with Crippen LogP contribution in [0.5, 0.6) is 0 Å². The molecule has 2 unspecified atom stereocenters. The van der Waals surface area contributed by atoms with Crippen molar-refractivity contribution in [3.63, 3.8) is 0 Å². The van der Waals surface area contributed by atoms with Crippen molar-refractivity contribution in [3.05, 3.63) is 0 Å². The molecule has 0 saturated heterocycles. The van der Waals surface area contributed by atoms with Crippen molar-refractivity contribution in [2.75, 3.05) is 19.7 Å². The molecular weight excluding hydrogens is 340 g/mol. The van der Waals surface area contributed by atoms with Gasteiger partial charge in [-0.2, -0.15) is 0 Å². The number of rotatable bonds is 7. The number of amides is 2. The van der Waals surface area contributed by atoms with Crippen LogP contribution in [0, 0.1) is 29.1 Å². The highest BCUT2D eigenvalue weighted by Gasteiger charge is 2.54. The van der Waals surface area contributed by atoms with Crippen LogP contribution < -0.4 is 10.6 Å². The first-order chi connectivity index (χ1) is 13.0. The topological polar surface area (TPSA) is 67.4 Å². The van der Waals surface area contributed by atoms with Crippen LogP contribution in [-0.4, -0.2) is 37.6 Å². The van der Waals surface area contributed by atoms with Gasteiger partial charge in [-0.1, -0.05) is 19.8 Å². The molecule has 152 valence electrons. The van der Waals surface area contributed by atoms with Crippen molar-refractivity contribution in [2.24, 2.45) is 29.1 Å². The molecule has 0 aliphatic heterocycles. The molecule has 5 aliphatic carbocycles. The van der Waals surface area contributed by atoms with E-state index >= 15 is 0 Å². The Morgan fingerprint density at radius 3 is 2.22 bits per heavy atom. The van der Waals surface area contributed by atoms with Crippen LogP contribution in [0.2, 0.25) is 0 Å². The van der Waals surface area contributed by atoms with Gasteiger partial charge in [0.15, 0.2) is 0 Å². The lowest BCUT2D eigenvalue weighted by molar-refractivity contribution is -0.147. The molecule has 0 aromatic rings. The van der Waals surface area contributed by atoms with Gasteiger partial charge in [-0.05, 0) is 75.0 Å². The van der Waals surface area contributed by atoms with Crippen molar-refractivity contribution in [3.8, 4) is 0 Å². The summed E-state index contributed by atoms with van der Waals surface area (Å²) in [5, 5.41) is 5.83. The molecule has 5 rings (SSSR count). The van der Waals surface area contributed by atoms with Gasteiger partial charge in [-0.15, -0.1) is 0 Å². The number of ether oxygens (including phenoxy) is 1. The smallest absolute Gasteiger partial charge is 0.239 e. The average Bonchev–Trinajstić information content (AvgIpc) is 2.63. The van der Waals surface area contributed by atoms with Crippen molar-refractivity contribution in [2.45, 2.75) is 77.2 Å². The van der Waals surface area contributed by atoms with Gasteiger partial charge in [0.2, 0.25) is 11.8 Å². The van der Waals surface area contributed by atoms with E-state index in [-0.39, 0.29) is 23.8 Å². The van der Waals surface area contributed by atoms with E-state index in [9.17, 15) is 9.59 Å². The SMILES string of the molecule is CC1CCCCC1OCCNC(=O)CNC(=O)C12CC3CC(CC(C3)C1)C2. The van der Waals surface area contributed by atoms with Gasteiger partial charge in [0, 0.05) is 12.0 Å². The maximum absolute atomic E-state index is 12.9. The molecule has 0 aromatic heterocycles. The standard InChI is InChI=1S/C22H36N2O3/c1-15-4-2-3-5-19(15)27-7-6-23-20(25)14-24-21(26)22-11-16-8-17(12-22)10-18(9-16)13-22/h15-19H,2-14H2,1H3,(H,23,25)(H,24,26). The minimum absolute atomic E-state index is 0.0976. The molecule has 27 heavy (non-hydrogen) atoms. The average molecular weight is 377 g/mol. The molecule has 5 heteroatoms. The van der Waals surface area contributed by atoms with Crippen LogP contribution in [0.25, 0.3) is 0 Å². The first-order valence-electron chi connectivity index (χ1n) is 11.2. The van der Waals surface area contributed by atoms with Gasteiger partial charge < -0.3 is 15.4 Å². The van der Waals surface area contributed by atoms with Gasteiger partial charge >= 0.3 is 0 Å². The minimum Gasteiger partial charge on any atom is -0.376 e. The Morgan fingerprint density at radius 2 is 1.59 bits per heavy atom. The second-order valence-electron chi connectivity index (χ2n) is 9.90. The second kappa shape index (κ2) is 8.10. The third kappa shape index (κ3) is 4.33. The fourth-order valence-electron chi connectivity index (χ4n) is 6.73. The lowest BCUT2D eigenvalue weighted by Crippen LogP contribution is -2.54. The molecule has 2 atom stereocenters. The molecule has 2 N–H and O–H groups in total. The molecule has 0 aromatic carbocycles. The molecule has 0 spiro atoms. The normalized spacial score (nSPS) is 40.0. The Bertz CT molecular complexity index is 526. The largest absolute Gasteiger partial charge is 0.376 e. The summed E-state index contributed by atoms with van der Waals surface area (Å²) in [6, 6.07) is 0. The quantitative estimate of drug-likeness (QED) is 0.671. The zero-order chi connectivity index (χ0) is 18.9. The first kappa shape index (κ1) is 19.2. The van der Waals surface area contributed by atoms with E-state index in [0.29, 0.717) is 25.2 Å². The van der Waals surface area contributed by atoms with E-state index in [2.05, 4.69) is 17.6 Å². The summed E-state index contributed by atoms with van der Waals surface area (Å²) in [5.74, 6) is 2.88. The van der Waals surface area contributed by atoms with Crippen molar-refractivity contribution in [1.29, 1.82) is 0 Å². The van der Waals surface area contributed by atoms with Gasteiger partial charge in [0.05, 0.1) is 19.3 Å². The molecule has 0 heterocycles. The van der Waals surface area contributed by atoms with Crippen LogP contribution in [0.3, 0.4) is 0 Å². The van der Waals surface area contributed by atoms with Crippen molar-refractivity contribution in [1.82, 2.24) is 10.6 Å². The monoisotopic (exact) mass is 376 g/mol. The maximum atomic E-state index is 12.9. The van der Waals surface area contributed by atoms with Crippen molar-refractivity contribution >= 4 is 11.8 Å². The lowest BCUT2D eigenvalue weighted by atomic mass is 9.49. The molecule has 0 radical (unpaired) electrons. The third-order valence-electron chi connectivity index (χ3n) is 7.72. The number of hydrogen-bond donors (Lipinski definition) is 2.